The maximum Gasteiger partial charge on any atom is 0.159 e. The Kier molecular flexibility index (Phi) is 10.1. The lowest BCUT2D eigenvalue weighted by Gasteiger charge is -2.32. The van der Waals surface area contributed by atoms with E-state index in [0.29, 0.717) is 12.3 Å². The zero-order valence-corrected chi connectivity index (χ0v) is 36.1. The minimum Gasteiger partial charge on any atom is -0.456 e. The number of benzene rings is 2. The molecular weight excluding hydrogens is 771 g/mol. The molecule has 8 aliphatic rings. The zero-order chi connectivity index (χ0) is 41.7. The van der Waals surface area contributed by atoms with Gasteiger partial charge in [-0.15, -0.1) is 0 Å². The van der Waals surface area contributed by atoms with Gasteiger partial charge in [-0.1, -0.05) is 121 Å². The number of allylic oxidation sites excluding steroid dienone is 19. The molecule has 0 saturated carbocycles. The molecule has 6 aliphatic carbocycles. The first-order chi connectivity index (χ1) is 31.2. The van der Waals surface area contributed by atoms with E-state index in [-0.39, 0.29) is 23.8 Å². The fourth-order valence-electron chi connectivity index (χ4n) is 11.7. The molecule has 6 heteroatoms. The van der Waals surface area contributed by atoms with Gasteiger partial charge in [0.05, 0.1) is 6.04 Å². The lowest BCUT2D eigenvalue weighted by Crippen LogP contribution is -2.25. The molecule has 6 nitrogen and oxygen atoms in total. The molecule has 0 amide bonds. The highest BCUT2D eigenvalue weighted by Crippen LogP contribution is 2.55. The van der Waals surface area contributed by atoms with E-state index < -0.39 is 0 Å². The van der Waals surface area contributed by atoms with Gasteiger partial charge in [-0.25, -0.2) is 15.0 Å². The third-order valence-corrected chi connectivity index (χ3v) is 14.8. The Labute approximate surface area is 371 Å². The molecule has 12 rings (SSSR count). The number of hydrogen-bond donors (Lipinski definition) is 0. The van der Waals surface area contributed by atoms with E-state index in [1.54, 1.807) is 0 Å². The van der Waals surface area contributed by atoms with Crippen molar-refractivity contribution in [1.29, 1.82) is 0 Å². The number of furan rings is 1. The van der Waals surface area contributed by atoms with Crippen LogP contribution >= 0.6 is 0 Å². The summed E-state index contributed by atoms with van der Waals surface area (Å²) in [6.07, 6.45) is 48.3. The summed E-state index contributed by atoms with van der Waals surface area (Å²) in [5, 5.41) is 1.25. The molecule has 4 aromatic rings. The van der Waals surface area contributed by atoms with E-state index in [4.69, 9.17) is 24.4 Å². The number of fused-ring (bicyclic) bond motifs is 6. The van der Waals surface area contributed by atoms with Crippen LogP contribution in [-0.2, 0) is 12.8 Å². The average Bonchev–Trinajstić information content (AvgIpc) is 3.91. The van der Waals surface area contributed by atoms with Crippen LogP contribution in [0.1, 0.15) is 140 Å². The van der Waals surface area contributed by atoms with Crippen molar-refractivity contribution >= 4 is 33.9 Å². The zero-order valence-electron chi connectivity index (χ0n) is 36.1. The fourth-order valence-corrected chi connectivity index (χ4v) is 11.7. The van der Waals surface area contributed by atoms with Gasteiger partial charge in [-0.2, -0.15) is 0 Å². The van der Waals surface area contributed by atoms with Crippen LogP contribution in [0.2, 0.25) is 0 Å². The second-order valence-electron chi connectivity index (χ2n) is 18.7. The summed E-state index contributed by atoms with van der Waals surface area (Å²) in [5.74, 6) is 4.42. The smallest absolute Gasteiger partial charge is 0.159 e. The topological polar surface area (TPSA) is 67.4 Å². The van der Waals surface area contributed by atoms with Gasteiger partial charge in [-0.05, 0) is 118 Å². The molecule has 2 aliphatic heterocycles. The Balaban J connectivity index is 0.961. The highest BCUT2D eigenvalue weighted by Gasteiger charge is 2.44. The highest BCUT2D eigenvalue weighted by atomic mass is 16.3. The molecular formula is C57H55N5O. The van der Waals surface area contributed by atoms with Crippen molar-refractivity contribution in [3.05, 3.63) is 190 Å². The average molecular weight is 826 g/mol. The molecule has 0 bridgehead atoms. The second-order valence-corrected chi connectivity index (χ2v) is 18.7. The van der Waals surface area contributed by atoms with Crippen molar-refractivity contribution in [1.82, 2.24) is 19.9 Å². The van der Waals surface area contributed by atoms with Crippen molar-refractivity contribution in [2.75, 3.05) is 0 Å². The molecule has 2 aromatic carbocycles. The van der Waals surface area contributed by atoms with Gasteiger partial charge in [0, 0.05) is 69.6 Å². The van der Waals surface area contributed by atoms with Crippen LogP contribution < -0.4 is 0 Å². The molecule has 0 fully saturated rings. The molecule has 4 unspecified atom stereocenters. The maximum absolute atomic E-state index is 7.35. The third kappa shape index (κ3) is 7.12. The predicted molar refractivity (Wildman–Crippen MR) is 256 cm³/mol. The monoisotopic (exact) mass is 825 g/mol. The largest absolute Gasteiger partial charge is 0.456 e. The minimum absolute atomic E-state index is 0.112. The van der Waals surface area contributed by atoms with Gasteiger partial charge in [0.2, 0.25) is 0 Å². The molecule has 4 heterocycles. The van der Waals surface area contributed by atoms with Crippen molar-refractivity contribution in [3.8, 4) is 0 Å². The lowest BCUT2D eigenvalue weighted by molar-refractivity contribution is 0.368. The molecule has 0 N–H and O–H groups in total. The van der Waals surface area contributed by atoms with Gasteiger partial charge in [-0.3, -0.25) is 4.99 Å². The van der Waals surface area contributed by atoms with Crippen molar-refractivity contribution in [3.63, 3.8) is 0 Å². The minimum atomic E-state index is -0.112. The van der Waals surface area contributed by atoms with Crippen LogP contribution in [0.5, 0.6) is 0 Å². The number of hydrogen-bond acceptors (Lipinski definition) is 6. The first-order valence-corrected chi connectivity index (χ1v) is 23.8. The summed E-state index contributed by atoms with van der Waals surface area (Å²) in [6, 6.07) is 15.9. The van der Waals surface area contributed by atoms with Gasteiger partial charge in [0.15, 0.2) is 5.82 Å². The summed E-state index contributed by atoms with van der Waals surface area (Å²) in [4.78, 5) is 24.0. The van der Waals surface area contributed by atoms with Crippen molar-refractivity contribution in [2.24, 2.45) is 16.8 Å². The SMILES string of the molecule is C1=CCCC(c2cccc([C@@H]3C=NC(c4cccc5c6c(oc45)C4=C(CC6)N(C5=CCCCC5)C5=CC=CCC54)C(Cc4nc(C5=CC=CCC5)nc(C5C=CC=CC5)n4)C3)c2)=C1. The summed E-state index contributed by atoms with van der Waals surface area (Å²) < 4.78 is 7.35. The van der Waals surface area contributed by atoms with E-state index in [9.17, 15) is 0 Å². The van der Waals surface area contributed by atoms with E-state index in [2.05, 4.69) is 139 Å². The van der Waals surface area contributed by atoms with E-state index >= 15 is 0 Å². The lowest BCUT2D eigenvalue weighted by atomic mass is 9.78. The Morgan fingerprint density at radius 3 is 2.44 bits per heavy atom. The Hall–Kier alpha value is -6.14. The second kappa shape index (κ2) is 16.5. The normalized spacial score (nSPS) is 26.0. The summed E-state index contributed by atoms with van der Waals surface area (Å²) in [6.45, 7) is 0. The van der Waals surface area contributed by atoms with E-state index in [1.807, 2.05) is 0 Å². The van der Waals surface area contributed by atoms with Crippen LogP contribution in [0.25, 0.3) is 27.7 Å². The van der Waals surface area contributed by atoms with Gasteiger partial charge < -0.3 is 9.32 Å². The van der Waals surface area contributed by atoms with Crippen LogP contribution in [0, 0.1) is 11.8 Å². The van der Waals surface area contributed by atoms with Crippen LogP contribution in [0.15, 0.2) is 154 Å². The number of para-hydroxylation sites is 1. The number of aromatic nitrogens is 3. The first kappa shape index (κ1) is 38.5. The summed E-state index contributed by atoms with van der Waals surface area (Å²) in [7, 11) is 0. The molecule has 314 valence electrons. The quantitative estimate of drug-likeness (QED) is 0.177. The summed E-state index contributed by atoms with van der Waals surface area (Å²) >= 11 is 0. The molecule has 0 spiro atoms. The van der Waals surface area contributed by atoms with Gasteiger partial charge >= 0.3 is 0 Å². The summed E-state index contributed by atoms with van der Waals surface area (Å²) in [5.41, 5.74) is 14.6. The Morgan fingerprint density at radius 2 is 1.60 bits per heavy atom. The first-order valence-electron chi connectivity index (χ1n) is 23.8. The predicted octanol–water partition coefficient (Wildman–Crippen LogP) is 13.7. The van der Waals surface area contributed by atoms with Gasteiger partial charge in [0.1, 0.15) is 23.0 Å². The van der Waals surface area contributed by atoms with E-state index in [1.165, 1.54) is 80.7 Å². The Morgan fingerprint density at radius 1 is 0.730 bits per heavy atom. The fraction of sp³-hybridized carbons (Fsp3) is 0.333. The molecule has 5 atom stereocenters. The number of aliphatic imine (C=N–C) groups is 1. The van der Waals surface area contributed by atoms with Crippen molar-refractivity contribution < 1.29 is 4.42 Å². The van der Waals surface area contributed by atoms with Crippen molar-refractivity contribution in [2.45, 2.75) is 108 Å². The van der Waals surface area contributed by atoms with Crippen LogP contribution in [0.4, 0.5) is 0 Å². The maximum atomic E-state index is 7.35. The third-order valence-electron chi connectivity index (χ3n) is 14.8. The highest BCUT2D eigenvalue weighted by molar-refractivity contribution is 5.92. The molecule has 0 saturated heterocycles. The molecule has 2 aromatic heterocycles. The van der Waals surface area contributed by atoms with Crippen LogP contribution in [-0.4, -0.2) is 26.1 Å². The number of aryl methyl sites for hydroxylation is 1. The number of nitrogens with zero attached hydrogens (tertiary/aromatic N) is 5. The molecule has 63 heavy (non-hydrogen) atoms. The number of rotatable bonds is 8. The molecule has 0 radical (unpaired) electrons. The van der Waals surface area contributed by atoms with Crippen LogP contribution in [0.3, 0.4) is 0 Å². The van der Waals surface area contributed by atoms with Gasteiger partial charge in [0.25, 0.3) is 0 Å². The Bertz CT molecular complexity index is 2850. The van der Waals surface area contributed by atoms with E-state index in [0.717, 1.165) is 93.0 Å². The standard InChI is InChI=1S/C57H55N5O/c1-5-17-37(18-6-1)40-23-15-24-41(33-40)43-34-42(35-51-59-56(38-19-7-2-8-20-38)61-57(60-51)39-21-9-3-10-22-39)53(58-36-43)48-29-16-28-45-46-31-32-50-52(55(46)63-54(45)48)47-27-13-14-30-49(47)62(50)44-25-11-4-12-26-44/h1-3,5,7-9,13-17,19,21,23-25,28-30,33,36,38,42-43,47,53H,4,6,10-12,18,20,22,26-27,31-32,34-35H2/t38?,42?,43-,47?,53?/m0/s1.